The molecule has 2 rings (SSSR count). The van der Waals surface area contributed by atoms with E-state index in [4.69, 9.17) is 9.47 Å². The first-order valence-electron chi connectivity index (χ1n) is 8.06. The SMILES string of the molecule is COc1ccc(OC)c(NCC(=O)c2cc(C)n(C(C)C)c2C)c1. The van der Waals surface area contributed by atoms with Crippen LogP contribution in [-0.4, -0.2) is 31.1 Å². The second-order valence-corrected chi connectivity index (χ2v) is 6.09. The molecule has 0 amide bonds. The summed E-state index contributed by atoms with van der Waals surface area (Å²) >= 11 is 0. The number of anilines is 1. The number of methoxy groups -OCH3 is 2. The topological polar surface area (TPSA) is 52.5 Å². The van der Waals surface area contributed by atoms with Crippen LogP contribution in [0.15, 0.2) is 24.3 Å². The smallest absolute Gasteiger partial charge is 0.183 e. The van der Waals surface area contributed by atoms with Gasteiger partial charge in [-0.15, -0.1) is 0 Å². The molecule has 0 atom stereocenters. The molecule has 0 aliphatic rings. The number of rotatable bonds is 7. The molecule has 24 heavy (non-hydrogen) atoms. The van der Waals surface area contributed by atoms with Crippen molar-refractivity contribution in [2.75, 3.05) is 26.1 Å². The number of aromatic nitrogens is 1. The van der Waals surface area contributed by atoms with Gasteiger partial charge in [-0.3, -0.25) is 4.79 Å². The number of hydrogen-bond donors (Lipinski definition) is 1. The summed E-state index contributed by atoms with van der Waals surface area (Å²) in [4.78, 5) is 12.6. The van der Waals surface area contributed by atoms with Gasteiger partial charge in [0.05, 0.1) is 26.5 Å². The summed E-state index contributed by atoms with van der Waals surface area (Å²) in [7, 11) is 3.21. The molecule has 130 valence electrons. The Bertz CT molecular complexity index is 732. The molecule has 1 aromatic heterocycles. The third kappa shape index (κ3) is 3.55. The fraction of sp³-hybridized carbons (Fsp3) is 0.421. The van der Waals surface area contributed by atoms with Crippen molar-refractivity contribution in [3.63, 3.8) is 0 Å². The molecule has 0 saturated carbocycles. The molecule has 0 aliphatic carbocycles. The predicted molar refractivity (Wildman–Crippen MR) is 96.7 cm³/mol. The van der Waals surface area contributed by atoms with Crippen molar-refractivity contribution in [2.45, 2.75) is 33.7 Å². The van der Waals surface area contributed by atoms with Crippen LogP contribution in [-0.2, 0) is 0 Å². The van der Waals surface area contributed by atoms with E-state index in [1.54, 1.807) is 14.2 Å². The fourth-order valence-electron chi connectivity index (χ4n) is 3.08. The Hall–Kier alpha value is -2.43. The summed E-state index contributed by atoms with van der Waals surface area (Å²) in [6.07, 6.45) is 0. The Morgan fingerprint density at radius 3 is 2.42 bits per heavy atom. The number of aryl methyl sites for hydroxylation is 1. The van der Waals surface area contributed by atoms with E-state index < -0.39 is 0 Å². The van der Waals surface area contributed by atoms with Gasteiger partial charge in [-0.2, -0.15) is 0 Å². The summed E-state index contributed by atoms with van der Waals surface area (Å²) in [6.45, 7) is 8.46. The lowest BCUT2D eigenvalue weighted by atomic mass is 10.1. The van der Waals surface area contributed by atoms with Crippen LogP contribution in [0.25, 0.3) is 0 Å². The summed E-state index contributed by atoms with van der Waals surface area (Å²) in [5.74, 6) is 1.44. The number of Topliss-reactive ketones (excluding diaryl/α,β-unsaturated/α-hetero) is 1. The molecule has 0 unspecified atom stereocenters. The molecule has 0 radical (unpaired) electrons. The first-order valence-corrected chi connectivity index (χ1v) is 8.06. The summed E-state index contributed by atoms with van der Waals surface area (Å²) in [5, 5.41) is 3.16. The first kappa shape index (κ1) is 17.9. The minimum Gasteiger partial charge on any atom is -0.497 e. The zero-order valence-electron chi connectivity index (χ0n) is 15.3. The molecule has 5 heteroatoms. The number of ether oxygens (including phenoxy) is 2. The van der Waals surface area contributed by atoms with Crippen LogP contribution in [0.4, 0.5) is 5.69 Å². The number of nitrogens with one attached hydrogen (secondary N) is 1. The average molecular weight is 330 g/mol. The first-order chi connectivity index (χ1) is 11.4. The molecule has 0 saturated heterocycles. The van der Waals surface area contributed by atoms with Crippen LogP contribution in [0.3, 0.4) is 0 Å². The number of nitrogens with zero attached hydrogens (tertiary/aromatic N) is 1. The minimum absolute atomic E-state index is 0.0554. The third-order valence-corrected chi connectivity index (χ3v) is 4.15. The van der Waals surface area contributed by atoms with E-state index in [1.807, 2.05) is 38.1 Å². The van der Waals surface area contributed by atoms with Gasteiger partial charge >= 0.3 is 0 Å². The van der Waals surface area contributed by atoms with Crippen molar-refractivity contribution in [1.29, 1.82) is 0 Å². The predicted octanol–water partition coefficient (Wildman–Crippen LogP) is 4.00. The van der Waals surface area contributed by atoms with Gasteiger partial charge in [-0.1, -0.05) is 0 Å². The minimum atomic E-state index is 0.0554. The number of ketones is 1. The van der Waals surface area contributed by atoms with Gasteiger partial charge in [0, 0.05) is 29.1 Å². The lowest BCUT2D eigenvalue weighted by molar-refractivity contribution is 0.101. The maximum absolute atomic E-state index is 12.6. The molecule has 1 heterocycles. The Kier molecular flexibility index (Phi) is 5.54. The molecule has 5 nitrogen and oxygen atoms in total. The Labute approximate surface area is 143 Å². The molecule has 1 N–H and O–H groups in total. The summed E-state index contributed by atoms with van der Waals surface area (Å²) in [5.41, 5.74) is 3.61. The molecule has 0 aliphatic heterocycles. The zero-order chi connectivity index (χ0) is 17.9. The summed E-state index contributed by atoms with van der Waals surface area (Å²) < 4.78 is 12.7. The summed E-state index contributed by atoms with van der Waals surface area (Å²) in [6, 6.07) is 7.75. The lowest BCUT2D eigenvalue weighted by Crippen LogP contribution is -2.16. The van der Waals surface area contributed by atoms with Crippen LogP contribution in [0.5, 0.6) is 11.5 Å². The molecule has 2 aromatic rings. The molecule has 0 bridgehead atoms. The number of carbonyl (C=O) groups excluding carboxylic acids is 1. The van der Waals surface area contributed by atoms with Gasteiger partial charge in [0.1, 0.15) is 11.5 Å². The van der Waals surface area contributed by atoms with Gasteiger partial charge in [-0.05, 0) is 45.9 Å². The fourth-order valence-corrected chi connectivity index (χ4v) is 3.08. The molecule has 1 aromatic carbocycles. The molecular weight excluding hydrogens is 304 g/mol. The van der Waals surface area contributed by atoms with Gasteiger partial charge in [0.15, 0.2) is 5.78 Å². The Morgan fingerprint density at radius 2 is 1.88 bits per heavy atom. The quantitative estimate of drug-likeness (QED) is 0.780. The van der Waals surface area contributed by atoms with Gasteiger partial charge < -0.3 is 19.4 Å². The number of hydrogen-bond acceptors (Lipinski definition) is 4. The highest BCUT2D eigenvalue weighted by Crippen LogP contribution is 2.29. The van der Waals surface area contributed by atoms with E-state index in [2.05, 4.69) is 23.7 Å². The van der Waals surface area contributed by atoms with Crippen molar-refractivity contribution in [2.24, 2.45) is 0 Å². The lowest BCUT2D eigenvalue weighted by Gasteiger charge is -2.14. The van der Waals surface area contributed by atoms with Crippen LogP contribution >= 0.6 is 0 Å². The largest absolute Gasteiger partial charge is 0.497 e. The van der Waals surface area contributed by atoms with E-state index >= 15 is 0 Å². The molecule has 0 fully saturated rings. The molecular formula is C19H26N2O3. The van der Waals surface area contributed by atoms with E-state index in [1.165, 1.54) is 0 Å². The monoisotopic (exact) mass is 330 g/mol. The maximum atomic E-state index is 12.6. The van der Waals surface area contributed by atoms with E-state index in [0.717, 1.165) is 22.6 Å². The van der Waals surface area contributed by atoms with E-state index in [9.17, 15) is 4.79 Å². The Morgan fingerprint density at radius 1 is 1.17 bits per heavy atom. The van der Waals surface area contributed by atoms with Gasteiger partial charge in [0.25, 0.3) is 0 Å². The van der Waals surface area contributed by atoms with Crippen molar-refractivity contribution < 1.29 is 14.3 Å². The maximum Gasteiger partial charge on any atom is 0.183 e. The van der Waals surface area contributed by atoms with Crippen molar-refractivity contribution in [3.8, 4) is 11.5 Å². The van der Waals surface area contributed by atoms with Crippen molar-refractivity contribution in [3.05, 3.63) is 41.2 Å². The highest BCUT2D eigenvalue weighted by Gasteiger charge is 2.17. The van der Waals surface area contributed by atoms with Gasteiger partial charge in [0.2, 0.25) is 0 Å². The second kappa shape index (κ2) is 7.43. The third-order valence-electron chi connectivity index (χ3n) is 4.15. The van der Waals surface area contributed by atoms with E-state index in [0.29, 0.717) is 17.5 Å². The highest BCUT2D eigenvalue weighted by molar-refractivity contribution is 6.00. The number of carbonyl (C=O) groups is 1. The van der Waals surface area contributed by atoms with Crippen LogP contribution in [0.2, 0.25) is 0 Å². The normalized spacial score (nSPS) is 10.8. The van der Waals surface area contributed by atoms with E-state index in [-0.39, 0.29) is 12.3 Å². The zero-order valence-corrected chi connectivity index (χ0v) is 15.3. The van der Waals surface area contributed by atoms with Gasteiger partial charge in [-0.25, -0.2) is 0 Å². The van der Waals surface area contributed by atoms with Crippen LogP contribution < -0.4 is 14.8 Å². The van der Waals surface area contributed by atoms with Crippen molar-refractivity contribution >= 4 is 11.5 Å². The van der Waals surface area contributed by atoms with Crippen molar-refractivity contribution in [1.82, 2.24) is 4.57 Å². The molecule has 0 spiro atoms. The number of benzene rings is 1. The average Bonchev–Trinajstić information content (AvgIpc) is 2.86. The highest BCUT2D eigenvalue weighted by atomic mass is 16.5. The standard InChI is InChI=1S/C19H26N2O3/c1-12(2)21-13(3)9-16(14(21)4)18(22)11-20-17-10-15(23-5)7-8-19(17)24-6/h7-10,12,20H,11H2,1-6H3. The second-order valence-electron chi connectivity index (χ2n) is 6.09. The van der Waals surface area contributed by atoms with Crippen LogP contribution in [0.1, 0.15) is 41.6 Å². The van der Waals surface area contributed by atoms with Crippen LogP contribution in [0, 0.1) is 13.8 Å². The Balaban J connectivity index is 2.18.